The third-order valence-corrected chi connectivity index (χ3v) is 14.8. The Morgan fingerprint density at radius 1 is 0.864 bits per heavy atom. The van der Waals surface area contributed by atoms with Gasteiger partial charge in [-0.1, -0.05) is 99.6 Å². The number of benzene rings is 4. The molecule has 6 aromatic rings. The standard InChI is InChI=1S/C38H39NO3SSi/c1-6-41-37(40)29-23-28(35-26(2)36(43-34(35)25-29)33-24-27-15-13-14-20-32(27)39-33)21-22-42-44(38(3,4)5,30-16-9-7-10-17-30)31-18-11-8-12-19-31/h7-20,23-25,39H,6,21-22H2,1-5H3. The molecule has 6 rings (SSSR count). The summed E-state index contributed by atoms with van der Waals surface area (Å²) in [7, 11) is -2.69. The minimum Gasteiger partial charge on any atom is -0.462 e. The Morgan fingerprint density at radius 3 is 2.11 bits per heavy atom. The topological polar surface area (TPSA) is 51.3 Å². The monoisotopic (exact) mass is 617 g/mol. The zero-order valence-corrected chi connectivity index (χ0v) is 27.9. The lowest BCUT2D eigenvalue weighted by Gasteiger charge is -2.43. The number of aromatic amines is 1. The van der Waals surface area contributed by atoms with Crippen LogP contribution in [0, 0.1) is 6.92 Å². The van der Waals surface area contributed by atoms with E-state index in [4.69, 9.17) is 9.16 Å². The molecule has 0 radical (unpaired) electrons. The predicted molar refractivity (Wildman–Crippen MR) is 187 cm³/mol. The zero-order valence-electron chi connectivity index (χ0n) is 26.1. The third kappa shape index (κ3) is 5.43. The maximum absolute atomic E-state index is 13.0. The summed E-state index contributed by atoms with van der Waals surface area (Å²) >= 11 is 1.72. The van der Waals surface area contributed by atoms with Crippen LogP contribution in [0.15, 0.2) is 103 Å². The fraction of sp³-hybridized carbons (Fsp3) is 0.237. The Labute approximate surface area is 264 Å². The van der Waals surface area contributed by atoms with Gasteiger partial charge in [0.05, 0.1) is 22.7 Å². The number of fused-ring (bicyclic) bond motifs is 2. The zero-order chi connectivity index (χ0) is 30.9. The van der Waals surface area contributed by atoms with Crippen molar-refractivity contribution in [3.05, 3.63) is 120 Å². The number of aromatic nitrogens is 1. The molecule has 2 heterocycles. The van der Waals surface area contributed by atoms with Gasteiger partial charge in [0.1, 0.15) is 0 Å². The average Bonchev–Trinajstić information content (AvgIpc) is 3.60. The molecule has 0 spiro atoms. The summed E-state index contributed by atoms with van der Waals surface area (Å²) in [6.45, 7) is 11.8. The maximum Gasteiger partial charge on any atom is 0.338 e. The van der Waals surface area contributed by atoms with Gasteiger partial charge in [0.25, 0.3) is 8.32 Å². The van der Waals surface area contributed by atoms with Crippen LogP contribution in [0.25, 0.3) is 31.6 Å². The SMILES string of the molecule is CCOC(=O)c1cc(CCO[Si](c2ccccc2)(c2ccccc2)C(C)(C)C)c2c(C)c(-c3cc4ccccc4[nH]3)sc2c1. The summed E-state index contributed by atoms with van der Waals surface area (Å²) in [6, 6.07) is 36.0. The smallest absolute Gasteiger partial charge is 0.338 e. The van der Waals surface area contributed by atoms with Crippen LogP contribution in [-0.4, -0.2) is 32.5 Å². The molecule has 0 saturated heterocycles. The number of nitrogens with one attached hydrogen (secondary N) is 1. The third-order valence-electron chi connectivity index (χ3n) is 8.50. The number of aryl methyl sites for hydroxylation is 1. The predicted octanol–water partition coefficient (Wildman–Crippen LogP) is 8.65. The van der Waals surface area contributed by atoms with Crippen LogP contribution in [0.2, 0.25) is 5.04 Å². The van der Waals surface area contributed by atoms with Crippen molar-refractivity contribution in [1.82, 2.24) is 4.98 Å². The number of carbonyl (C=O) groups is 1. The highest BCUT2D eigenvalue weighted by molar-refractivity contribution is 7.22. The lowest BCUT2D eigenvalue weighted by atomic mass is 10.00. The highest BCUT2D eigenvalue weighted by atomic mass is 32.1. The van der Waals surface area contributed by atoms with E-state index >= 15 is 0 Å². The van der Waals surface area contributed by atoms with Gasteiger partial charge in [-0.15, -0.1) is 11.3 Å². The van der Waals surface area contributed by atoms with Crippen LogP contribution in [0.5, 0.6) is 0 Å². The van der Waals surface area contributed by atoms with E-state index in [0.717, 1.165) is 21.5 Å². The first-order chi connectivity index (χ1) is 21.2. The van der Waals surface area contributed by atoms with Crippen LogP contribution in [-0.2, 0) is 15.6 Å². The summed E-state index contributed by atoms with van der Waals surface area (Å²) in [4.78, 5) is 17.8. The lowest BCUT2D eigenvalue weighted by Crippen LogP contribution is -2.66. The molecule has 1 N–H and O–H groups in total. The van der Waals surface area contributed by atoms with Gasteiger partial charge in [0, 0.05) is 22.2 Å². The largest absolute Gasteiger partial charge is 0.462 e. The molecule has 224 valence electrons. The fourth-order valence-electron chi connectivity index (χ4n) is 6.54. The molecule has 0 bridgehead atoms. The molecule has 0 aliphatic carbocycles. The molecule has 6 heteroatoms. The van der Waals surface area contributed by atoms with E-state index in [9.17, 15) is 4.79 Å². The van der Waals surface area contributed by atoms with Gasteiger partial charge in [0.15, 0.2) is 0 Å². The minimum absolute atomic E-state index is 0.112. The Hall–Kier alpha value is -3.97. The van der Waals surface area contributed by atoms with E-state index in [0.29, 0.717) is 25.2 Å². The minimum atomic E-state index is -2.69. The highest BCUT2D eigenvalue weighted by Crippen LogP contribution is 2.42. The van der Waals surface area contributed by atoms with Gasteiger partial charge in [-0.3, -0.25) is 0 Å². The molecular weight excluding hydrogens is 579 g/mol. The van der Waals surface area contributed by atoms with Gasteiger partial charge >= 0.3 is 5.97 Å². The number of para-hydroxylation sites is 1. The Morgan fingerprint density at radius 2 is 1.50 bits per heavy atom. The second-order valence-corrected chi connectivity index (χ2v) is 17.7. The van der Waals surface area contributed by atoms with Crippen LogP contribution >= 0.6 is 11.3 Å². The van der Waals surface area contributed by atoms with Crippen LogP contribution < -0.4 is 10.4 Å². The van der Waals surface area contributed by atoms with Crippen molar-refractivity contribution in [2.24, 2.45) is 0 Å². The number of hydrogen-bond donors (Lipinski definition) is 1. The molecular formula is C38H39NO3SSi. The van der Waals surface area contributed by atoms with Crippen LogP contribution in [0.1, 0.15) is 49.2 Å². The molecule has 0 aliphatic rings. The molecule has 0 amide bonds. The van der Waals surface area contributed by atoms with Crippen LogP contribution in [0.4, 0.5) is 0 Å². The Kier molecular flexibility index (Phi) is 8.33. The van der Waals surface area contributed by atoms with E-state index in [1.54, 1.807) is 11.3 Å². The molecule has 0 aliphatic heterocycles. The summed E-state index contributed by atoms with van der Waals surface area (Å²) in [5, 5.41) is 4.79. The van der Waals surface area contributed by atoms with Crippen LogP contribution in [0.3, 0.4) is 0 Å². The second kappa shape index (κ2) is 12.2. The Balaban J connectivity index is 1.43. The number of esters is 1. The number of rotatable bonds is 9. The van der Waals surface area contributed by atoms with Crippen molar-refractivity contribution in [2.75, 3.05) is 13.2 Å². The van der Waals surface area contributed by atoms with E-state index < -0.39 is 8.32 Å². The molecule has 0 fully saturated rings. The van der Waals surface area contributed by atoms with Crippen molar-refractivity contribution in [3.8, 4) is 10.6 Å². The first-order valence-corrected chi connectivity index (χ1v) is 18.0. The lowest BCUT2D eigenvalue weighted by molar-refractivity contribution is 0.0526. The molecule has 0 unspecified atom stereocenters. The van der Waals surface area contributed by atoms with E-state index in [1.165, 1.54) is 31.6 Å². The molecule has 2 aromatic heterocycles. The number of H-pyrrole nitrogens is 1. The van der Waals surface area contributed by atoms with Gasteiger partial charge in [-0.05, 0) is 76.5 Å². The van der Waals surface area contributed by atoms with Gasteiger partial charge < -0.3 is 14.1 Å². The van der Waals surface area contributed by atoms with Crippen molar-refractivity contribution >= 4 is 57.0 Å². The first-order valence-electron chi connectivity index (χ1n) is 15.3. The molecule has 44 heavy (non-hydrogen) atoms. The van der Waals surface area contributed by atoms with Crippen molar-refractivity contribution in [2.45, 2.75) is 46.1 Å². The van der Waals surface area contributed by atoms with Gasteiger partial charge in [-0.25, -0.2) is 4.79 Å². The highest BCUT2D eigenvalue weighted by Gasteiger charge is 2.50. The van der Waals surface area contributed by atoms with E-state index in [2.05, 4.69) is 124 Å². The summed E-state index contributed by atoms with van der Waals surface area (Å²) in [5.74, 6) is -0.290. The number of hydrogen-bond acceptors (Lipinski definition) is 4. The van der Waals surface area contributed by atoms with Crippen molar-refractivity contribution < 1.29 is 14.0 Å². The summed E-state index contributed by atoms with van der Waals surface area (Å²) < 4.78 is 13.8. The van der Waals surface area contributed by atoms with Crippen molar-refractivity contribution in [3.63, 3.8) is 0 Å². The van der Waals surface area contributed by atoms with Crippen molar-refractivity contribution in [1.29, 1.82) is 0 Å². The number of thiophene rings is 1. The molecule has 0 saturated carbocycles. The second-order valence-electron chi connectivity index (χ2n) is 12.3. The van der Waals surface area contributed by atoms with E-state index in [1.807, 2.05) is 19.1 Å². The fourth-order valence-corrected chi connectivity index (χ4v) is 12.4. The quantitative estimate of drug-likeness (QED) is 0.131. The summed E-state index contributed by atoms with van der Waals surface area (Å²) in [6.07, 6.45) is 0.679. The maximum atomic E-state index is 13.0. The van der Waals surface area contributed by atoms with E-state index in [-0.39, 0.29) is 11.0 Å². The van der Waals surface area contributed by atoms with Gasteiger partial charge in [-0.2, -0.15) is 0 Å². The average molecular weight is 618 g/mol. The molecule has 0 atom stereocenters. The Bertz CT molecular complexity index is 1850. The number of ether oxygens (including phenoxy) is 1. The van der Waals surface area contributed by atoms with Gasteiger partial charge in [0.2, 0.25) is 0 Å². The molecule has 4 aromatic carbocycles. The summed E-state index contributed by atoms with van der Waals surface area (Å²) in [5.41, 5.74) is 5.12. The number of carbonyl (C=O) groups excluding carboxylic acids is 1. The normalized spacial score (nSPS) is 12.2. The molecule has 4 nitrogen and oxygen atoms in total. The first kappa shape index (κ1) is 30.1.